The van der Waals surface area contributed by atoms with Gasteiger partial charge in [-0.05, 0) is 25.1 Å². The number of rotatable bonds is 5. The molecule has 1 rings (SSSR count). The van der Waals surface area contributed by atoms with Crippen molar-refractivity contribution in [2.75, 3.05) is 18.9 Å². The number of benzene rings is 1. The number of hydrogen-bond donors (Lipinski definition) is 2. The van der Waals surface area contributed by atoms with Crippen LogP contribution in [0, 0.1) is 0 Å². The molecule has 0 bridgehead atoms. The number of nitrogens with two attached hydrogens (primary N) is 1. The molecule has 1 aromatic rings. The van der Waals surface area contributed by atoms with E-state index < -0.39 is 11.9 Å². The Labute approximate surface area is 97.9 Å². The number of carboxylic acid groups (broad SMARTS) is 1. The van der Waals surface area contributed by atoms with Gasteiger partial charge in [0.1, 0.15) is 11.3 Å². The van der Waals surface area contributed by atoms with Gasteiger partial charge in [0.15, 0.2) is 6.61 Å². The predicted molar refractivity (Wildman–Crippen MR) is 59.9 cm³/mol. The molecule has 6 heteroatoms. The Morgan fingerprint density at radius 2 is 2.12 bits per heavy atom. The van der Waals surface area contributed by atoms with Crippen LogP contribution in [0.3, 0.4) is 0 Å². The molecule has 0 aromatic heterocycles. The van der Waals surface area contributed by atoms with Crippen molar-refractivity contribution >= 4 is 17.6 Å². The highest BCUT2D eigenvalue weighted by Gasteiger charge is 2.13. The highest BCUT2D eigenvalue weighted by molar-refractivity contribution is 5.92. The smallest absolute Gasteiger partial charge is 0.344 e. The largest absolute Gasteiger partial charge is 0.481 e. The zero-order chi connectivity index (χ0) is 12.8. The van der Waals surface area contributed by atoms with Crippen LogP contribution in [0.15, 0.2) is 18.2 Å². The van der Waals surface area contributed by atoms with Gasteiger partial charge in [0.25, 0.3) is 0 Å². The second-order valence-corrected chi connectivity index (χ2v) is 3.15. The first-order chi connectivity index (χ1) is 8.04. The summed E-state index contributed by atoms with van der Waals surface area (Å²) in [7, 11) is 0. The molecule has 0 aliphatic heterocycles. The lowest BCUT2D eigenvalue weighted by Crippen LogP contribution is -2.16. The van der Waals surface area contributed by atoms with Gasteiger partial charge < -0.3 is 20.3 Å². The summed E-state index contributed by atoms with van der Waals surface area (Å²) in [6, 6.07) is 4.16. The number of carbonyl (C=O) groups excluding carboxylic acids is 1. The average molecular weight is 239 g/mol. The van der Waals surface area contributed by atoms with E-state index in [1.54, 1.807) is 6.92 Å². The van der Waals surface area contributed by atoms with Crippen LogP contribution in [-0.4, -0.2) is 30.3 Å². The van der Waals surface area contributed by atoms with Crippen LogP contribution in [0.4, 0.5) is 5.69 Å². The predicted octanol–water partition coefficient (Wildman–Crippen LogP) is 0.909. The number of nitrogen functional groups attached to an aromatic ring is 1. The molecule has 0 atom stereocenters. The van der Waals surface area contributed by atoms with E-state index in [0.29, 0.717) is 5.69 Å². The zero-order valence-electron chi connectivity index (χ0n) is 9.30. The molecule has 0 spiro atoms. The van der Waals surface area contributed by atoms with Crippen molar-refractivity contribution in [1.82, 2.24) is 0 Å². The third-order valence-corrected chi connectivity index (χ3v) is 1.88. The molecule has 0 radical (unpaired) electrons. The average Bonchev–Trinajstić information content (AvgIpc) is 2.27. The van der Waals surface area contributed by atoms with Crippen molar-refractivity contribution < 1.29 is 24.2 Å². The quantitative estimate of drug-likeness (QED) is 0.585. The van der Waals surface area contributed by atoms with Crippen molar-refractivity contribution in [1.29, 1.82) is 0 Å². The van der Waals surface area contributed by atoms with Gasteiger partial charge in [0.2, 0.25) is 0 Å². The SMILES string of the molecule is CCOC(=O)COc1ccc(N)cc1C(=O)O. The van der Waals surface area contributed by atoms with Gasteiger partial charge in [-0.1, -0.05) is 0 Å². The Morgan fingerprint density at radius 3 is 2.71 bits per heavy atom. The Balaban J connectivity index is 2.77. The third kappa shape index (κ3) is 3.67. The lowest BCUT2D eigenvalue weighted by Gasteiger charge is -2.09. The highest BCUT2D eigenvalue weighted by Crippen LogP contribution is 2.21. The summed E-state index contributed by atoms with van der Waals surface area (Å²) in [5, 5.41) is 8.91. The van der Waals surface area contributed by atoms with E-state index in [4.69, 9.17) is 15.6 Å². The lowest BCUT2D eigenvalue weighted by atomic mass is 10.2. The minimum atomic E-state index is -1.17. The molecule has 17 heavy (non-hydrogen) atoms. The minimum Gasteiger partial charge on any atom is -0.481 e. The van der Waals surface area contributed by atoms with Crippen molar-refractivity contribution in [2.24, 2.45) is 0 Å². The fourth-order valence-corrected chi connectivity index (χ4v) is 1.18. The summed E-state index contributed by atoms with van der Waals surface area (Å²) in [6.07, 6.45) is 0. The van der Waals surface area contributed by atoms with Gasteiger partial charge in [-0.15, -0.1) is 0 Å². The Morgan fingerprint density at radius 1 is 1.41 bits per heavy atom. The number of carbonyl (C=O) groups is 2. The molecule has 0 saturated carbocycles. The Kier molecular flexibility index (Phi) is 4.33. The highest BCUT2D eigenvalue weighted by atomic mass is 16.6. The van der Waals surface area contributed by atoms with E-state index in [1.807, 2.05) is 0 Å². The first kappa shape index (κ1) is 12.8. The maximum Gasteiger partial charge on any atom is 0.344 e. The molecule has 0 aliphatic rings. The fraction of sp³-hybridized carbons (Fsp3) is 0.273. The van der Waals surface area contributed by atoms with Crippen molar-refractivity contribution in [3.05, 3.63) is 23.8 Å². The van der Waals surface area contributed by atoms with Gasteiger partial charge >= 0.3 is 11.9 Å². The third-order valence-electron chi connectivity index (χ3n) is 1.88. The van der Waals surface area contributed by atoms with Crippen LogP contribution in [0.1, 0.15) is 17.3 Å². The normalized spacial score (nSPS) is 9.71. The molecule has 3 N–H and O–H groups in total. The molecule has 0 fully saturated rings. The monoisotopic (exact) mass is 239 g/mol. The molecule has 92 valence electrons. The number of ether oxygens (including phenoxy) is 2. The van der Waals surface area contributed by atoms with Crippen LogP contribution in [-0.2, 0) is 9.53 Å². The molecular formula is C11H13NO5. The Hall–Kier alpha value is -2.24. The number of carboxylic acids is 1. The molecule has 0 amide bonds. The van der Waals surface area contributed by atoms with Gasteiger partial charge in [-0.25, -0.2) is 9.59 Å². The zero-order valence-corrected chi connectivity index (χ0v) is 9.30. The standard InChI is InChI=1S/C11H13NO5/c1-2-16-10(13)6-17-9-4-3-7(12)5-8(9)11(14)15/h3-5H,2,6,12H2,1H3,(H,14,15). The van der Waals surface area contributed by atoms with Crippen molar-refractivity contribution in [3.8, 4) is 5.75 Å². The van der Waals surface area contributed by atoms with Crippen LogP contribution in [0.5, 0.6) is 5.75 Å². The summed E-state index contributed by atoms with van der Waals surface area (Å²) < 4.78 is 9.71. The summed E-state index contributed by atoms with van der Waals surface area (Å²) in [5.41, 5.74) is 5.68. The number of hydrogen-bond acceptors (Lipinski definition) is 5. The summed E-state index contributed by atoms with van der Waals surface area (Å²) >= 11 is 0. The van der Waals surface area contributed by atoms with E-state index in [9.17, 15) is 9.59 Å². The molecule has 0 heterocycles. The van der Waals surface area contributed by atoms with Gasteiger partial charge in [0.05, 0.1) is 6.61 Å². The molecule has 0 saturated heterocycles. The molecular weight excluding hydrogens is 226 g/mol. The molecule has 0 aliphatic carbocycles. The first-order valence-corrected chi connectivity index (χ1v) is 4.95. The van der Waals surface area contributed by atoms with E-state index in [1.165, 1.54) is 18.2 Å². The van der Waals surface area contributed by atoms with Crippen LogP contribution < -0.4 is 10.5 Å². The second kappa shape index (κ2) is 5.74. The second-order valence-electron chi connectivity index (χ2n) is 3.15. The summed E-state index contributed by atoms with van der Waals surface area (Å²) in [6.45, 7) is 1.58. The van der Waals surface area contributed by atoms with E-state index >= 15 is 0 Å². The van der Waals surface area contributed by atoms with E-state index in [2.05, 4.69) is 4.74 Å². The summed E-state index contributed by atoms with van der Waals surface area (Å²) in [5.74, 6) is -1.64. The van der Waals surface area contributed by atoms with Crippen molar-refractivity contribution in [2.45, 2.75) is 6.92 Å². The topological polar surface area (TPSA) is 98.9 Å². The minimum absolute atomic E-state index is 0.0831. The number of aromatic carboxylic acids is 1. The van der Waals surface area contributed by atoms with E-state index in [-0.39, 0.29) is 24.5 Å². The maximum atomic E-state index is 11.0. The molecule has 1 aromatic carbocycles. The van der Waals surface area contributed by atoms with Crippen LogP contribution in [0.2, 0.25) is 0 Å². The van der Waals surface area contributed by atoms with Gasteiger partial charge in [-0.2, -0.15) is 0 Å². The van der Waals surface area contributed by atoms with Gasteiger partial charge in [-0.3, -0.25) is 0 Å². The number of anilines is 1. The van der Waals surface area contributed by atoms with Crippen LogP contribution >= 0.6 is 0 Å². The fourth-order valence-electron chi connectivity index (χ4n) is 1.18. The maximum absolute atomic E-state index is 11.0. The molecule has 6 nitrogen and oxygen atoms in total. The van der Waals surface area contributed by atoms with Gasteiger partial charge in [0, 0.05) is 5.69 Å². The Bertz CT molecular complexity index is 430. The first-order valence-electron chi connectivity index (χ1n) is 4.95. The van der Waals surface area contributed by atoms with Crippen LogP contribution in [0.25, 0.3) is 0 Å². The van der Waals surface area contributed by atoms with Crippen molar-refractivity contribution in [3.63, 3.8) is 0 Å². The number of esters is 1. The lowest BCUT2D eigenvalue weighted by molar-refractivity contribution is -0.145. The summed E-state index contributed by atoms with van der Waals surface area (Å²) in [4.78, 5) is 21.9. The van der Waals surface area contributed by atoms with E-state index in [0.717, 1.165) is 0 Å². The molecule has 0 unspecified atom stereocenters.